The van der Waals surface area contributed by atoms with Gasteiger partial charge in [-0.3, -0.25) is 4.57 Å². The van der Waals surface area contributed by atoms with E-state index in [2.05, 4.69) is 30.9 Å². The van der Waals surface area contributed by atoms with Gasteiger partial charge >= 0.3 is 5.97 Å². The fraction of sp³-hybridized carbons (Fsp3) is 0. The van der Waals surface area contributed by atoms with Gasteiger partial charge in [-0.25, -0.2) is 19.7 Å². The van der Waals surface area contributed by atoms with Crippen LogP contribution in [0.25, 0.3) is 5.82 Å². The van der Waals surface area contributed by atoms with Gasteiger partial charge in [-0.15, -0.1) is 0 Å². The molecule has 0 unspecified atom stereocenters. The van der Waals surface area contributed by atoms with Crippen LogP contribution in [0.4, 0.5) is 0 Å². The molecule has 1 N–H and O–H groups in total. The fourth-order valence-electron chi connectivity index (χ4n) is 1.05. The zero-order valence-electron chi connectivity index (χ0n) is 7.33. The molecule has 0 saturated carbocycles. The molecule has 2 aromatic heterocycles. The van der Waals surface area contributed by atoms with Gasteiger partial charge in [0.25, 0.3) is 0 Å². The van der Waals surface area contributed by atoms with Crippen LogP contribution in [0, 0.1) is 0 Å². The van der Waals surface area contributed by atoms with Crippen LogP contribution >= 0.6 is 15.9 Å². The molecule has 76 valence electrons. The summed E-state index contributed by atoms with van der Waals surface area (Å²) in [5, 5.41) is 8.69. The molecule has 2 heterocycles. The molecule has 0 bridgehead atoms. The van der Waals surface area contributed by atoms with E-state index in [0.717, 1.165) is 0 Å². The molecule has 7 heteroatoms. The van der Waals surface area contributed by atoms with E-state index in [9.17, 15) is 4.79 Å². The highest BCUT2D eigenvalue weighted by molar-refractivity contribution is 9.10. The number of aromatic carboxylic acids is 1. The van der Waals surface area contributed by atoms with Crippen LogP contribution in [-0.4, -0.2) is 30.6 Å². The highest BCUT2D eigenvalue weighted by atomic mass is 79.9. The van der Waals surface area contributed by atoms with E-state index in [4.69, 9.17) is 5.11 Å². The van der Waals surface area contributed by atoms with Crippen molar-refractivity contribution in [2.45, 2.75) is 0 Å². The van der Waals surface area contributed by atoms with Gasteiger partial charge in [0.1, 0.15) is 12.7 Å². The van der Waals surface area contributed by atoms with Crippen LogP contribution in [0.3, 0.4) is 0 Å². The Morgan fingerprint density at radius 3 is 2.87 bits per heavy atom. The number of carboxylic acid groups (broad SMARTS) is 1. The van der Waals surface area contributed by atoms with Crippen LogP contribution < -0.4 is 0 Å². The normalized spacial score (nSPS) is 10.2. The number of imidazole rings is 1. The fourth-order valence-corrected chi connectivity index (χ4v) is 1.47. The van der Waals surface area contributed by atoms with E-state index in [1.165, 1.54) is 23.4 Å². The molecule has 0 aliphatic rings. The summed E-state index contributed by atoms with van der Waals surface area (Å²) in [5.74, 6) is -0.524. The predicted octanol–water partition coefficient (Wildman–Crippen LogP) is 1.12. The van der Waals surface area contributed by atoms with Crippen LogP contribution in [0.15, 0.2) is 29.5 Å². The number of rotatable bonds is 2. The van der Waals surface area contributed by atoms with Crippen LogP contribution in [0.2, 0.25) is 0 Å². The summed E-state index contributed by atoms with van der Waals surface area (Å²) in [5.41, 5.74) is -0.0273. The summed E-state index contributed by atoms with van der Waals surface area (Å²) in [6.07, 6.45) is 5.72. The van der Waals surface area contributed by atoms with Crippen molar-refractivity contribution in [1.82, 2.24) is 19.5 Å². The third kappa shape index (κ3) is 1.86. The molecule has 0 saturated heterocycles. The monoisotopic (exact) mass is 268 g/mol. The summed E-state index contributed by atoms with van der Waals surface area (Å²) in [6, 6.07) is 0. The second-order valence-corrected chi connectivity index (χ2v) is 3.52. The SMILES string of the molecule is O=C(O)c1cn(-c2ncncc2Br)cn1. The standard InChI is InChI=1S/C8H5BrN4O2/c9-5-1-10-3-11-7(5)13-2-6(8(14)15)12-4-13/h1-4H,(H,14,15). The Morgan fingerprint density at radius 1 is 1.47 bits per heavy atom. The Hall–Kier alpha value is -1.76. The maximum absolute atomic E-state index is 10.6. The minimum absolute atomic E-state index is 0.0273. The Kier molecular flexibility index (Phi) is 2.46. The van der Waals surface area contributed by atoms with Gasteiger partial charge in [0, 0.05) is 12.4 Å². The third-order valence-corrected chi connectivity index (χ3v) is 2.25. The van der Waals surface area contributed by atoms with Crippen molar-refractivity contribution in [3.8, 4) is 5.82 Å². The maximum Gasteiger partial charge on any atom is 0.356 e. The van der Waals surface area contributed by atoms with Crippen molar-refractivity contribution in [2.24, 2.45) is 0 Å². The number of hydrogen-bond donors (Lipinski definition) is 1. The molecular weight excluding hydrogens is 264 g/mol. The molecule has 2 aromatic rings. The average molecular weight is 269 g/mol. The Bertz CT molecular complexity index is 511. The first-order chi connectivity index (χ1) is 7.18. The number of nitrogens with zero attached hydrogens (tertiary/aromatic N) is 4. The molecule has 2 rings (SSSR count). The van der Waals surface area contributed by atoms with E-state index in [1.54, 1.807) is 6.20 Å². The van der Waals surface area contributed by atoms with E-state index >= 15 is 0 Å². The lowest BCUT2D eigenvalue weighted by Gasteiger charge is -2.01. The molecule has 0 aliphatic carbocycles. The molecule has 0 aromatic carbocycles. The van der Waals surface area contributed by atoms with E-state index in [0.29, 0.717) is 10.3 Å². The first kappa shape index (κ1) is 9.78. The van der Waals surface area contributed by atoms with Gasteiger partial charge < -0.3 is 5.11 Å². The van der Waals surface area contributed by atoms with Crippen molar-refractivity contribution < 1.29 is 9.90 Å². The van der Waals surface area contributed by atoms with Gasteiger partial charge in [-0.05, 0) is 15.9 Å². The number of aromatic nitrogens is 4. The first-order valence-electron chi connectivity index (χ1n) is 3.91. The average Bonchev–Trinajstić information content (AvgIpc) is 2.67. The molecular formula is C8H5BrN4O2. The summed E-state index contributed by atoms with van der Waals surface area (Å²) in [4.78, 5) is 22.1. The maximum atomic E-state index is 10.6. The highest BCUT2D eigenvalue weighted by Crippen LogP contribution is 2.16. The summed E-state index contributed by atoms with van der Waals surface area (Å²) >= 11 is 3.26. The zero-order chi connectivity index (χ0) is 10.8. The smallest absolute Gasteiger partial charge is 0.356 e. The molecule has 15 heavy (non-hydrogen) atoms. The Balaban J connectivity index is 2.46. The summed E-state index contributed by atoms with van der Waals surface area (Å²) < 4.78 is 2.18. The predicted molar refractivity (Wildman–Crippen MR) is 53.8 cm³/mol. The van der Waals surface area contributed by atoms with Crippen LogP contribution in [0.5, 0.6) is 0 Å². The lowest BCUT2D eigenvalue weighted by Crippen LogP contribution is -1.98. The van der Waals surface area contributed by atoms with E-state index in [-0.39, 0.29) is 5.69 Å². The van der Waals surface area contributed by atoms with Gasteiger partial charge in [0.15, 0.2) is 11.5 Å². The summed E-state index contributed by atoms with van der Waals surface area (Å²) in [6.45, 7) is 0. The summed E-state index contributed by atoms with van der Waals surface area (Å²) in [7, 11) is 0. The van der Waals surface area contributed by atoms with Crippen molar-refractivity contribution in [3.63, 3.8) is 0 Å². The first-order valence-corrected chi connectivity index (χ1v) is 4.71. The highest BCUT2D eigenvalue weighted by Gasteiger charge is 2.09. The molecule has 0 spiro atoms. The molecule has 6 nitrogen and oxygen atoms in total. The number of halogens is 1. The quantitative estimate of drug-likeness (QED) is 0.883. The lowest BCUT2D eigenvalue weighted by molar-refractivity contribution is 0.0691. The van der Waals surface area contributed by atoms with E-state index < -0.39 is 5.97 Å². The molecule has 0 radical (unpaired) electrons. The number of carbonyl (C=O) groups is 1. The van der Waals surface area contributed by atoms with E-state index in [1.807, 2.05) is 0 Å². The lowest BCUT2D eigenvalue weighted by atomic mass is 10.5. The molecule has 0 aliphatic heterocycles. The topological polar surface area (TPSA) is 80.9 Å². The molecule has 0 atom stereocenters. The Morgan fingerprint density at radius 2 is 2.27 bits per heavy atom. The molecule has 0 amide bonds. The number of hydrogen-bond acceptors (Lipinski definition) is 4. The van der Waals surface area contributed by atoms with Crippen LogP contribution in [-0.2, 0) is 0 Å². The largest absolute Gasteiger partial charge is 0.476 e. The van der Waals surface area contributed by atoms with Gasteiger partial charge in [-0.1, -0.05) is 0 Å². The molecule has 0 fully saturated rings. The van der Waals surface area contributed by atoms with Crippen molar-refractivity contribution in [1.29, 1.82) is 0 Å². The Labute approximate surface area is 92.8 Å². The van der Waals surface area contributed by atoms with Crippen molar-refractivity contribution in [2.75, 3.05) is 0 Å². The second-order valence-electron chi connectivity index (χ2n) is 2.67. The van der Waals surface area contributed by atoms with Gasteiger partial charge in [0.2, 0.25) is 0 Å². The van der Waals surface area contributed by atoms with Crippen molar-refractivity contribution >= 4 is 21.9 Å². The minimum atomic E-state index is -1.07. The third-order valence-electron chi connectivity index (χ3n) is 1.69. The van der Waals surface area contributed by atoms with Gasteiger partial charge in [-0.2, -0.15) is 0 Å². The van der Waals surface area contributed by atoms with Crippen LogP contribution in [0.1, 0.15) is 10.5 Å². The number of carboxylic acids is 1. The second kappa shape index (κ2) is 3.77. The van der Waals surface area contributed by atoms with Crippen molar-refractivity contribution in [3.05, 3.63) is 35.2 Å². The zero-order valence-corrected chi connectivity index (χ0v) is 8.92. The van der Waals surface area contributed by atoms with Gasteiger partial charge in [0.05, 0.1) is 4.47 Å². The minimum Gasteiger partial charge on any atom is -0.476 e.